The molecule has 0 radical (unpaired) electrons. The van der Waals surface area contributed by atoms with Gasteiger partial charge in [0, 0.05) is 0 Å². The maximum Gasteiger partial charge on any atom is 0.306 e. The third kappa shape index (κ3) is 3.41. The van der Waals surface area contributed by atoms with E-state index in [-0.39, 0.29) is 11.8 Å². The summed E-state index contributed by atoms with van der Waals surface area (Å²) in [5, 5.41) is 9.48. The molecule has 0 amide bonds. The Bertz CT molecular complexity index is 464. The van der Waals surface area contributed by atoms with Crippen LogP contribution in [0.5, 0.6) is 0 Å². The normalized spacial score (nSPS) is 26.7. The van der Waals surface area contributed by atoms with Crippen molar-refractivity contribution in [3.05, 3.63) is 35.4 Å². The van der Waals surface area contributed by atoms with E-state index in [0.717, 1.165) is 25.7 Å². The van der Waals surface area contributed by atoms with Crippen LogP contribution in [0.2, 0.25) is 0 Å². The first kappa shape index (κ1) is 15.1. The zero-order valence-electron chi connectivity index (χ0n) is 12.8. The second-order valence-corrected chi connectivity index (χ2v) is 6.65. The smallest absolute Gasteiger partial charge is 0.306 e. The van der Waals surface area contributed by atoms with Crippen LogP contribution in [0.3, 0.4) is 0 Å². The summed E-state index contributed by atoms with van der Waals surface area (Å²) in [6.45, 7) is 6.64. The number of rotatable bonds is 4. The van der Waals surface area contributed by atoms with E-state index in [1.807, 2.05) is 6.07 Å². The number of hydrogen-bond acceptors (Lipinski definition) is 1. The van der Waals surface area contributed by atoms with Gasteiger partial charge in [0.2, 0.25) is 0 Å². The van der Waals surface area contributed by atoms with E-state index >= 15 is 0 Å². The van der Waals surface area contributed by atoms with Gasteiger partial charge in [0.05, 0.1) is 5.92 Å². The molecule has 0 bridgehead atoms. The lowest BCUT2D eigenvalue weighted by atomic mass is 9.68. The highest BCUT2D eigenvalue weighted by Gasteiger charge is 2.35. The van der Waals surface area contributed by atoms with Gasteiger partial charge >= 0.3 is 5.97 Å². The standard InChI is InChI=1S/C18H26O2/c1-12(2)14-8-9-17(18(19)20)16(10-14)11-15-7-5-4-6-13(15)3/h4-7,12,14,16-17H,8-11H2,1-3H3,(H,19,20). The lowest BCUT2D eigenvalue weighted by molar-refractivity contribution is -0.145. The minimum Gasteiger partial charge on any atom is -0.481 e. The summed E-state index contributed by atoms with van der Waals surface area (Å²) >= 11 is 0. The Labute approximate surface area is 122 Å². The molecule has 2 rings (SSSR count). The Morgan fingerprint density at radius 2 is 2.00 bits per heavy atom. The molecule has 1 saturated carbocycles. The molecule has 0 heterocycles. The van der Waals surface area contributed by atoms with Gasteiger partial charge in [-0.3, -0.25) is 4.79 Å². The summed E-state index contributed by atoms with van der Waals surface area (Å²) in [6.07, 6.45) is 3.88. The van der Waals surface area contributed by atoms with Gasteiger partial charge in [-0.1, -0.05) is 38.1 Å². The van der Waals surface area contributed by atoms with Gasteiger partial charge in [0.25, 0.3) is 0 Å². The highest BCUT2D eigenvalue weighted by Crippen LogP contribution is 2.39. The first-order chi connectivity index (χ1) is 9.49. The van der Waals surface area contributed by atoms with Crippen LogP contribution in [0.4, 0.5) is 0 Å². The molecule has 3 atom stereocenters. The molecule has 1 fully saturated rings. The summed E-state index contributed by atoms with van der Waals surface area (Å²) in [5.74, 6) is 0.855. The third-order valence-electron chi connectivity index (χ3n) is 5.03. The Hall–Kier alpha value is -1.31. The zero-order chi connectivity index (χ0) is 14.7. The van der Waals surface area contributed by atoms with Gasteiger partial charge in [-0.15, -0.1) is 0 Å². The molecule has 1 aromatic carbocycles. The van der Waals surface area contributed by atoms with Crippen LogP contribution in [0, 0.1) is 30.6 Å². The van der Waals surface area contributed by atoms with E-state index in [1.165, 1.54) is 11.1 Å². The molecular weight excluding hydrogens is 248 g/mol. The summed E-state index contributed by atoms with van der Waals surface area (Å²) in [6, 6.07) is 8.37. The van der Waals surface area contributed by atoms with Crippen LogP contribution in [0.15, 0.2) is 24.3 Å². The van der Waals surface area contributed by atoms with Gasteiger partial charge in [0.15, 0.2) is 0 Å². The summed E-state index contributed by atoms with van der Waals surface area (Å²) < 4.78 is 0. The molecule has 0 saturated heterocycles. The van der Waals surface area contributed by atoms with Crippen LogP contribution in [-0.4, -0.2) is 11.1 Å². The number of aliphatic carboxylic acids is 1. The van der Waals surface area contributed by atoms with Crippen molar-refractivity contribution in [1.29, 1.82) is 0 Å². The largest absolute Gasteiger partial charge is 0.481 e. The number of carboxylic acid groups (broad SMARTS) is 1. The van der Waals surface area contributed by atoms with Crippen LogP contribution < -0.4 is 0 Å². The van der Waals surface area contributed by atoms with Crippen molar-refractivity contribution < 1.29 is 9.90 Å². The van der Waals surface area contributed by atoms with Crippen molar-refractivity contribution in [1.82, 2.24) is 0 Å². The zero-order valence-corrected chi connectivity index (χ0v) is 12.8. The fourth-order valence-corrected chi connectivity index (χ4v) is 3.58. The van der Waals surface area contributed by atoms with Crippen molar-refractivity contribution >= 4 is 5.97 Å². The maximum absolute atomic E-state index is 11.5. The van der Waals surface area contributed by atoms with Crippen LogP contribution in [-0.2, 0) is 11.2 Å². The van der Waals surface area contributed by atoms with E-state index in [4.69, 9.17) is 0 Å². The first-order valence-corrected chi connectivity index (χ1v) is 7.76. The van der Waals surface area contributed by atoms with Gasteiger partial charge in [-0.25, -0.2) is 0 Å². The van der Waals surface area contributed by atoms with E-state index in [9.17, 15) is 9.90 Å². The quantitative estimate of drug-likeness (QED) is 0.888. The average molecular weight is 274 g/mol. The molecule has 2 nitrogen and oxygen atoms in total. The van der Waals surface area contributed by atoms with Crippen LogP contribution in [0.1, 0.15) is 44.2 Å². The fraction of sp³-hybridized carbons (Fsp3) is 0.611. The number of carboxylic acids is 1. The summed E-state index contributed by atoms with van der Waals surface area (Å²) in [4.78, 5) is 11.5. The van der Waals surface area contributed by atoms with Crippen LogP contribution in [0.25, 0.3) is 0 Å². The molecule has 1 aromatic rings. The average Bonchev–Trinajstić information content (AvgIpc) is 2.41. The van der Waals surface area contributed by atoms with Crippen molar-refractivity contribution in [2.75, 3.05) is 0 Å². The Morgan fingerprint density at radius 3 is 2.60 bits per heavy atom. The maximum atomic E-state index is 11.5. The number of hydrogen-bond donors (Lipinski definition) is 1. The molecule has 0 spiro atoms. The Kier molecular flexibility index (Phi) is 4.85. The molecule has 1 aliphatic rings. The second-order valence-electron chi connectivity index (χ2n) is 6.65. The molecule has 3 unspecified atom stereocenters. The predicted molar refractivity (Wildman–Crippen MR) is 81.7 cm³/mol. The molecule has 1 aliphatic carbocycles. The van der Waals surface area contributed by atoms with Crippen molar-refractivity contribution in [2.45, 2.75) is 46.5 Å². The van der Waals surface area contributed by atoms with Gasteiger partial charge in [0.1, 0.15) is 0 Å². The van der Waals surface area contributed by atoms with Crippen LogP contribution >= 0.6 is 0 Å². The molecular formula is C18H26O2. The molecule has 110 valence electrons. The molecule has 1 N–H and O–H groups in total. The minimum atomic E-state index is -0.606. The predicted octanol–water partition coefficient (Wildman–Crippen LogP) is 4.31. The van der Waals surface area contributed by atoms with E-state index in [0.29, 0.717) is 11.8 Å². The summed E-state index contributed by atoms with van der Waals surface area (Å²) in [7, 11) is 0. The SMILES string of the molecule is Cc1ccccc1CC1CC(C(C)C)CCC1C(=O)O. The Balaban J connectivity index is 2.15. The van der Waals surface area contributed by atoms with Crippen molar-refractivity contribution in [3.63, 3.8) is 0 Å². The van der Waals surface area contributed by atoms with Crippen molar-refractivity contribution in [3.8, 4) is 0 Å². The molecule has 2 heteroatoms. The lowest BCUT2D eigenvalue weighted by Gasteiger charge is -2.36. The minimum absolute atomic E-state index is 0.162. The van der Waals surface area contributed by atoms with Gasteiger partial charge in [-0.2, -0.15) is 0 Å². The van der Waals surface area contributed by atoms with Gasteiger partial charge in [-0.05, 0) is 61.5 Å². The number of carbonyl (C=O) groups is 1. The number of benzene rings is 1. The molecule has 0 aliphatic heterocycles. The van der Waals surface area contributed by atoms with E-state index in [1.54, 1.807) is 0 Å². The second kappa shape index (κ2) is 6.43. The molecule has 0 aromatic heterocycles. The lowest BCUT2D eigenvalue weighted by Crippen LogP contribution is -2.33. The highest BCUT2D eigenvalue weighted by atomic mass is 16.4. The third-order valence-corrected chi connectivity index (χ3v) is 5.03. The fourth-order valence-electron chi connectivity index (χ4n) is 3.58. The van der Waals surface area contributed by atoms with E-state index < -0.39 is 5.97 Å². The molecule has 20 heavy (non-hydrogen) atoms. The monoisotopic (exact) mass is 274 g/mol. The highest BCUT2D eigenvalue weighted by molar-refractivity contribution is 5.70. The van der Waals surface area contributed by atoms with Gasteiger partial charge < -0.3 is 5.11 Å². The van der Waals surface area contributed by atoms with Crippen molar-refractivity contribution in [2.24, 2.45) is 23.7 Å². The van der Waals surface area contributed by atoms with E-state index in [2.05, 4.69) is 39.0 Å². The topological polar surface area (TPSA) is 37.3 Å². The summed E-state index contributed by atoms with van der Waals surface area (Å²) in [5.41, 5.74) is 2.59. The Morgan fingerprint density at radius 1 is 1.30 bits per heavy atom. The number of aryl methyl sites for hydroxylation is 1. The first-order valence-electron chi connectivity index (χ1n) is 7.76.